The fourth-order valence-corrected chi connectivity index (χ4v) is 1.96. The maximum atomic E-state index is 10.8. The smallest absolute Gasteiger partial charge is 0.243 e. The predicted octanol–water partition coefficient (Wildman–Crippen LogP) is 3.36. The van der Waals surface area contributed by atoms with Gasteiger partial charge in [-0.1, -0.05) is 42.7 Å². The van der Waals surface area contributed by atoms with E-state index in [4.69, 9.17) is 9.94 Å². The second-order valence-electron chi connectivity index (χ2n) is 5.24. The van der Waals surface area contributed by atoms with Crippen LogP contribution in [0.25, 0.3) is 0 Å². The Bertz CT molecular complexity index is 389. The van der Waals surface area contributed by atoms with Gasteiger partial charge in [-0.25, -0.2) is 5.48 Å². The summed E-state index contributed by atoms with van der Waals surface area (Å²) in [6, 6.07) is 8.37. The molecule has 4 nitrogen and oxygen atoms in total. The van der Waals surface area contributed by atoms with Crippen molar-refractivity contribution in [1.29, 1.82) is 0 Å². The van der Waals surface area contributed by atoms with Gasteiger partial charge in [0.1, 0.15) is 0 Å². The average Bonchev–Trinajstić information content (AvgIpc) is 2.46. The van der Waals surface area contributed by atoms with Gasteiger partial charge in [-0.3, -0.25) is 10.0 Å². The third-order valence-corrected chi connectivity index (χ3v) is 3.29. The molecule has 0 bridgehead atoms. The van der Waals surface area contributed by atoms with Gasteiger partial charge >= 0.3 is 0 Å². The maximum absolute atomic E-state index is 10.8. The molecule has 0 aliphatic carbocycles. The first-order chi connectivity index (χ1) is 9.61. The summed E-state index contributed by atoms with van der Waals surface area (Å²) in [5.41, 5.74) is 4.10. The van der Waals surface area contributed by atoms with Crippen molar-refractivity contribution in [3.8, 4) is 0 Å². The van der Waals surface area contributed by atoms with Crippen LogP contribution in [0.5, 0.6) is 0 Å². The topological polar surface area (TPSA) is 58.6 Å². The molecule has 20 heavy (non-hydrogen) atoms. The Morgan fingerprint density at radius 3 is 2.60 bits per heavy atom. The van der Waals surface area contributed by atoms with E-state index in [0.29, 0.717) is 13.0 Å². The lowest BCUT2D eigenvalue weighted by atomic mass is 10.1. The molecule has 0 radical (unpaired) electrons. The molecule has 0 saturated carbocycles. The molecule has 112 valence electrons. The summed E-state index contributed by atoms with van der Waals surface area (Å²) in [4.78, 5) is 10.8. The van der Waals surface area contributed by atoms with Crippen LogP contribution in [0.3, 0.4) is 0 Å². The van der Waals surface area contributed by atoms with E-state index < -0.39 is 0 Å². The molecular weight excluding hydrogens is 254 g/mol. The minimum atomic E-state index is -0.311. The number of hydroxylamine groups is 1. The van der Waals surface area contributed by atoms with Crippen LogP contribution in [0.4, 0.5) is 0 Å². The van der Waals surface area contributed by atoms with Crippen LogP contribution in [0, 0.1) is 6.92 Å². The van der Waals surface area contributed by atoms with Crippen molar-refractivity contribution < 1.29 is 14.7 Å². The zero-order valence-electron chi connectivity index (χ0n) is 12.4. The third-order valence-electron chi connectivity index (χ3n) is 3.29. The lowest BCUT2D eigenvalue weighted by molar-refractivity contribution is -0.129. The molecule has 4 heteroatoms. The van der Waals surface area contributed by atoms with Crippen molar-refractivity contribution in [2.45, 2.75) is 58.7 Å². The van der Waals surface area contributed by atoms with E-state index in [1.54, 1.807) is 5.48 Å². The van der Waals surface area contributed by atoms with Gasteiger partial charge in [0, 0.05) is 6.42 Å². The molecular formula is C16H25NO3. The highest BCUT2D eigenvalue weighted by Crippen LogP contribution is 2.11. The molecule has 1 rings (SSSR count). The number of unbranched alkanes of at least 4 members (excludes halogenated alkanes) is 2. The SMILES string of the molecule is Cc1ccc(COC(C)CCCCCC(=O)NO)cc1. The molecule has 0 aliphatic heterocycles. The first kappa shape index (κ1) is 16.7. The molecule has 1 aromatic rings. The summed E-state index contributed by atoms with van der Waals surface area (Å²) in [6.07, 6.45) is 4.42. The zero-order chi connectivity index (χ0) is 14.8. The van der Waals surface area contributed by atoms with Gasteiger partial charge in [-0.05, 0) is 32.3 Å². The predicted molar refractivity (Wildman–Crippen MR) is 78.4 cm³/mol. The van der Waals surface area contributed by atoms with Crippen molar-refractivity contribution in [1.82, 2.24) is 5.48 Å². The first-order valence-electron chi connectivity index (χ1n) is 7.22. The van der Waals surface area contributed by atoms with Gasteiger partial charge in [-0.2, -0.15) is 0 Å². The van der Waals surface area contributed by atoms with Gasteiger partial charge in [-0.15, -0.1) is 0 Å². The van der Waals surface area contributed by atoms with Crippen LogP contribution < -0.4 is 5.48 Å². The van der Waals surface area contributed by atoms with Crippen molar-refractivity contribution in [2.75, 3.05) is 0 Å². The number of hydrogen-bond donors (Lipinski definition) is 2. The quantitative estimate of drug-likeness (QED) is 0.414. The molecule has 0 fully saturated rings. The van der Waals surface area contributed by atoms with E-state index >= 15 is 0 Å². The molecule has 0 saturated heterocycles. The van der Waals surface area contributed by atoms with Gasteiger partial charge in [0.2, 0.25) is 5.91 Å². The average molecular weight is 279 g/mol. The number of nitrogens with one attached hydrogen (secondary N) is 1. The maximum Gasteiger partial charge on any atom is 0.243 e. The van der Waals surface area contributed by atoms with Crippen LogP contribution in [0.2, 0.25) is 0 Å². The fourth-order valence-electron chi connectivity index (χ4n) is 1.96. The van der Waals surface area contributed by atoms with Crippen LogP contribution in [-0.2, 0) is 16.1 Å². The van der Waals surface area contributed by atoms with Crippen LogP contribution in [0.15, 0.2) is 24.3 Å². The number of benzene rings is 1. The van der Waals surface area contributed by atoms with Gasteiger partial charge in [0.25, 0.3) is 0 Å². The largest absolute Gasteiger partial charge is 0.374 e. The minimum absolute atomic E-state index is 0.225. The highest BCUT2D eigenvalue weighted by atomic mass is 16.5. The summed E-state index contributed by atoms with van der Waals surface area (Å²) >= 11 is 0. The number of amides is 1. The summed E-state index contributed by atoms with van der Waals surface area (Å²) in [7, 11) is 0. The lowest BCUT2D eigenvalue weighted by Crippen LogP contribution is -2.17. The Labute approximate surface area is 121 Å². The normalized spacial score (nSPS) is 12.2. The lowest BCUT2D eigenvalue weighted by Gasteiger charge is -2.13. The molecule has 1 atom stereocenters. The van der Waals surface area contributed by atoms with E-state index in [1.165, 1.54) is 11.1 Å². The number of carbonyl (C=O) groups excluding carboxylic acids is 1. The van der Waals surface area contributed by atoms with Crippen LogP contribution in [0.1, 0.15) is 50.2 Å². The Balaban J connectivity index is 2.07. The highest BCUT2D eigenvalue weighted by molar-refractivity contribution is 5.74. The van der Waals surface area contributed by atoms with Crippen molar-refractivity contribution in [3.63, 3.8) is 0 Å². The molecule has 0 aliphatic rings. The Hall–Kier alpha value is -1.39. The van der Waals surface area contributed by atoms with Gasteiger partial charge in [0.05, 0.1) is 12.7 Å². The number of hydrogen-bond acceptors (Lipinski definition) is 3. The second-order valence-corrected chi connectivity index (χ2v) is 5.24. The molecule has 0 aromatic heterocycles. The molecule has 0 heterocycles. The van der Waals surface area contributed by atoms with Gasteiger partial charge in [0.15, 0.2) is 0 Å². The van der Waals surface area contributed by atoms with Crippen molar-refractivity contribution in [2.24, 2.45) is 0 Å². The van der Waals surface area contributed by atoms with Gasteiger partial charge < -0.3 is 4.74 Å². The third kappa shape index (κ3) is 7.26. The molecule has 2 N–H and O–H groups in total. The number of ether oxygens (including phenoxy) is 1. The van der Waals surface area contributed by atoms with E-state index in [1.807, 2.05) is 0 Å². The Morgan fingerprint density at radius 2 is 1.95 bits per heavy atom. The molecule has 1 amide bonds. The Morgan fingerprint density at radius 1 is 1.25 bits per heavy atom. The highest BCUT2D eigenvalue weighted by Gasteiger charge is 2.04. The number of carbonyl (C=O) groups is 1. The molecule has 1 unspecified atom stereocenters. The van der Waals surface area contributed by atoms with E-state index in [0.717, 1.165) is 25.7 Å². The van der Waals surface area contributed by atoms with Crippen LogP contribution >= 0.6 is 0 Å². The van der Waals surface area contributed by atoms with Crippen LogP contribution in [-0.4, -0.2) is 17.2 Å². The van der Waals surface area contributed by atoms with Crippen molar-refractivity contribution in [3.05, 3.63) is 35.4 Å². The standard InChI is InChI=1S/C16H25NO3/c1-13-8-10-15(11-9-13)12-20-14(2)6-4-3-5-7-16(18)17-19/h8-11,14,19H,3-7,12H2,1-2H3,(H,17,18). The summed E-state index contributed by atoms with van der Waals surface area (Å²) in [6.45, 7) is 4.80. The van der Waals surface area contributed by atoms with E-state index in [9.17, 15) is 4.79 Å². The minimum Gasteiger partial charge on any atom is -0.374 e. The summed E-state index contributed by atoms with van der Waals surface area (Å²) in [5.74, 6) is -0.311. The van der Waals surface area contributed by atoms with Crippen molar-refractivity contribution >= 4 is 5.91 Å². The number of aryl methyl sites for hydroxylation is 1. The van der Waals surface area contributed by atoms with E-state index in [-0.39, 0.29) is 12.0 Å². The first-order valence-corrected chi connectivity index (χ1v) is 7.22. The summed E-state index contributed by atoms with van der Waals surface area (Å²) in [5, 5.41) is 8.36. The zero-order valence-corrected chi connectivity index (χ0v) is 12.4. The molecule has 1 aromatic carbocycles. The monoisotopic (exact) mass is 279 g/mol. The summed E-state index contributed by atoms with van der Waals surface area (Å²) < 4.78 is 5.80. The fraction of sp³-hybridized carbons (Fsp3) is 0.562. The Kier molecular flexibility index (Phi) is 7.92. The van der Waals surface area contributed by atoms with E-state index in [2.05, 4.69) is 38.1 Å². The molecule has 0 spiro atoms. The number of rotatable bonds is 9. The second kappa shape index (κ2) is 9.50.